The second-order valence-corrected chi connectivity index (χ2v) is 6.49. The topological polar surface area (TPSA) is 96.7 Å². The van der Waals surface area contributed by atoms with Crippen molar-refractivity contribution in [3.63, 3.8) is 0 Å². The third-order valence-corrected chi connectivity index (χ3v) is 4.65. The summed E-state index contributed by atoms with van der Waals surface area (Å²) in [7, 11) is 0. The van der Waals surface area contributed by atoms with Crippen molar-refractivity contribution >= 4 is 29.0 Å². The van der Waals surface area contributed by atoms with Gasteiger partial charge in [-0.1, -0.05) is 5.16 Å². The molecule has 3 heterocycles. The number of aromatic nitrogens is 1. The van der Waals surface area contributed by atoms with Crippen LogP contribution in [0.1, 0.15) is 17.4 Å². The largest absolute Gasteiger partial charge is 0.379 e. The molecule has 3 rings (SSSR count). The fourth-order valence-corrected chi connectivity index (χ4v) is 3.39. The summed E-state index contributed by atoms with van der Waals surface area (Å²) < 4.78 is 10.3. The lowest BCUT2D eigenvalue weighted by atomic mass is 10.1. The Balaban J connectivity index is 1.58. The maximum atomic E-state index is 12.1. The van der Waals surface area contributed by atoms with Crippen LogP contribution in [-0.4, -0.2) is 54.7 Å². The lowest BCUT2D eigenvalue weighted by molar-refractivity contribution is -0.136. The van der Waals surface area contributed by atoms with E-state index in [1.165, 1.54) is 0 Å². The molecule has 25 heavy (non-hydrogen) atoms. The molecule has 2 aromatic heterocycles. The van der Waals surface area contributed by atoms with E-state index < -0.39 is 11.8 Å². The van der Waals surface area contributed by atoms with Gasteiger partial charge in [0.1, 0.15) is 5.76 Å². The molecule has 1 atom stereocenters. The minimum absolute atomic E-state index is 0.0150. The van der Waals surface area contributed by atoms with E-state index in [2.05, 4.69) is 26.1 Å². The van der Waals surface area contributed by atoms with E-state index in [0.29, 0.717) is 25.5 Å². The van der Waals surface area contributed by atoms with Gasteiger partial charge in [0.2, 0.25) is 0 Å². The molecular formula is C16H20N4O4S. The quantitative estimate of drug-likeness (QED) is 0.773. The van der Waals surface area contributed by atoms with Gasteiger partial charge in [0.25, 0.3) is 0 Å². The molecule has 8 nitrogen and oxygen atoms in total. The van der Waals surface area contributed by atoms with Crippen LogP contribution in [0.4, 0.5) is 5.82 Å². The number of rotatable bonds is 5. The molecule has 134 valence electrons. The maximum absolute atomic E-state index is 12.1. The first-order chi connectivity index (χ1) is 12.1. The minimum Gasteiger partial charge on any atom is -0.379 e. The van der Waals surface area contributed by atoms with Crippen LogP contribution in [-0.2, 0) is 14.3 Å². The molecule has 0 aromatic carbocycles. The van der Waals surface area contributed by atoms with E-state index in [1.807, 2.05) is 11.4 Å². The van der Waals surface area contributed by atoms with Gasteiger partial charge in [0, 0.05) is 25.7 Å². The predicted octanol–water partition coefficient (Wildman–Crippen LogP) is 1.17. The van der Waals surface area contributed by atoms with Crippen molar-refractivity contribution in [2.75, 3.05) is 38.2 Å². The van der Waals surface area contributed by atoms with Crippen molar-refractivity contribution < 1.29 is 18.8 Å². The van der Waals surface area contributed by atoms with Crippen LogP contribution < -0.4 is 10.6 Å². The molecule has 0 spiro atoms. The Morgan fingerprint density at radius 2 is 2.16 bits per heavy atom. The molecule has 1 saturated heterocycles. The monoisotopic (exact) mass is 364 g/mol. The molecule has 0 saturated carbocycles. The summed E-state index contributed by atoms with van der Waals surface area (Å²) in [4.78, 5) is 26.3. The van der Waals surface area contributed by atoms with Crippen LogP contribution in [0, 0.1) is 6.92 Å². The lowest BCUT2D eigenvalue weighted by Crippen LogP contribution is -2.45. The average Bonchev–Trinajstić information content (AvgIpc) is 3.28. The maximum Gasteiger partial charge on any atom is 0.314 e. The van der Waals surface area contributed by atoms with Crippen molar-refractivity contribution in [3.8, 4) is 0 Å². The van der Waals surface area contributed by atoms with Crippen molar-refractivity contribution in [1.29, 1.82) is 0 Å². The molecule has 2 amide bonds. The smallest absolute Gasteiger partial charge is 0.314 e. The van der Waals surface area contributed by atoms with Gasteiger partial charge in [-0.2, -0.15) is 11.3 Å². The van der Waals surface area contributed by atoms with Gasteiger partial charge in [-0.25, -0.2) is 0 Å². The van der Waals surface area contributed by atoms with Gasteiger partial charge in [0.15, 0.2) is 5.82 Å². The summed E-state index contributed by atoms with van der Waals surface area (Å²) >= 11 is 1.61. The second-order valence-electron chi connectivity index (χ2n) is 5.71. The third kappa shape index (κ3) is 4.65. The highest BCUT2D eigenvalue weighted by Crippen LogP contribution is 2.23. The number of thiophene rings is 1. The highest BCUT2D eigenvalue weighted by Gasteiger charge is 2.25. The summed E-state index contributed by atoms with van der Waals surface area (Å²) in [5.74, 6) is -0.686. The van der Waals surface area contributed by atoms with E-state index in [1.54, 1.807) is 24.3 Å². The number of hydrogen-bond acceptors (Lipinski definition) is 7. The Kier molecular flexibility index (Phi) is 5.79. The highest BCUT2D eigenvalue weighted by molar-refractivity contribution is 7.07. The first-order valence-corrected chi connectivity index (χ1v) is 8.94. The van der Waals surface area contributed by atoms with Crippen molar-refractivity contribution in [1.82, 2.24) is 15.4 Å². The first kappa shape index (κ1) is 17.6. The Bertz CT molecular complexity index is 710. The molecule has 9 heteroatoms. The first-order valence-electron chi connectivity index (χ1n) is 8.00. The van der Waals surface area contributed by atoms with Crippen LogP contribution in [0.3, 0.4) is 0 Å². The number of amides is 2. The van der Waals surface area contributed by atoms with Crippen molar-refractivity contribution in [3.05, 3.63) is 34.2 Å². The zero-order valence-electron chi connectivity index (χ0n) is 13.9. The molecule has 2 aromatic rings. The third-order valence-electron chi connectivity index (χ3n) is 3.95. The van der Waals surface area contributed by atoms with E-state index in [-0.39, 0.29) is 11.9 Å². The zero-order valence-corrected chi connectivity index (χ0v) is 14.7. The second kappa shape index (κ2) is 8.24. The predicted molar refractivity (Wildman–Crippen MR) is 92.3 cm³/mol. The van der Waals surface area contributed by atoms with Crippen molar-refractivity contribution in [2.45, 2.75) is 13.0 Å². The zero-order chi connectivity index (χ0) is 17.6. The molecule has 1 fully saturated rings. The van der Waals surface area contributed by atoms with Gasteiger partial charge < -0.3 is 14.6 Å². The summed E-state index contributed by atoms with van der Waals surface area (Å²) in [5, 5.41) is 12.8. The van der Waals surface area contributed by atoms with Gasteiger partial charge in [-0.3, -0.25) is 19.8 Å². The Hall–Kier alpha value is -2.23. The van der Waals surface area contributed by atoms with Crippen LogP contribution in [0.25, 0.3) is 0 Å². The summed E-state index contributed by atoms with van der Waals surface area (Å²) in [5.41, 5.74) is 1.12. The Labute approximate surface area is 149 Å². The molecule has 1 aliphatic heterocycles. The number of hydrogen-bond donors (Lipinski definition) is 2. The van der Waals surface area contributed by atoms with Crippen molar-refractivity contribution in [2.24, 2.45) is 0 Å². The SMILES string of the molecule is Cc1cc(NC(=O)C(=O)NC[C@H](c2ccsc2)N2CCOCC2)no1. The fourth-order valence-electron chi connectivity index (χ4n) is 2.68. The standard InChI is InChI=1S/C16H20N4O4S/c1-11-8-14(19-24-11)18-16(22)15(21)17-9-13(12-2-7-25-10-12)20-3-5-23-6-4-20/h2,7-8,10,13H,3-6,9H2,1H3,(H,17,21)(H,18,19,22)/t13-/m1/s1. The summed E-state index contributed by atoms with van der Waals surface area (Å²) in [6.45, 7) is 4.97. The van der Waals surface area contributed by atoms with Crippen LogP contribution in [0.2, 0.25) is 0 Å². The minimum atomic E-state index is -0.764. The number of nitrogens with one attached hydrogen (secondary N) is 2. The summed E-state index contributed by atoms with van der Waals surface area (Å²) in [6.07, 6.45) is 0. The normalized spacial score (nSPS) is 16.4. The van der Waals surface area contributed by atoms with Gasteiger partial charge in [0.05, 0.1) is 19.3 Å². The Morgan fingerprint density at radius 1 is 1.36 bits per heavy atom. The average molecular weight is 364 g/mol. The molecular weight excluding hydrogens is 344 g/mol. The molecule has 1 aliphatic rings. The number of ether oxygens (including phenoxy) is 1. The fraction of sp³-hybridized carbons (Fsp3) is 0.438. The molecule has 0 unspecified atom stereocenters. The van der Waals surface area contributed by atoms with E-state index in [0.717, 1.165) is 18.7 Å². The Morgan fingerprint density at radius 3 is 2.80 bits per heavy atom. The van der Waals surface area contributed by atoms with E-state index in [9.17, 15) is 9.59 Å². The number of carbonyl (C=O) groups is 2. The number of morpholine rings is 1. The molecule has 0 aliphatic carbocycles. The van der Waals surface area contributed by atoms with Crippen LogP contribution in [0.5, 0.6) is 0 Å². The lowest BCUT2D eigenvalue weighted by Gasteiger charge is -2.34. The number of carbonyl (C=O) groups excluding carboxylic acids is 2. The highest BCUT2D eigenvalue weighted by atomic mass is 32.1. The molecule has 2 N–H and O–H groups in total. The number of aryl methyl sites for hydroxylation is 1. The van der Waals surface area contributed by atoms with E-state index >= 15 is 0 Å². The van der Waals surface area contributed by atoms with Crippen LogP contribution in [0.15, 0.2) is 27.4 Å². The number of anilines is 1. The van der Waals surface area contributed by atoms with Crippen LogP contribution >= 0.6 is 11.3 Å². The molecule has 0 bridgehead atoms. The van der Waals surface area contributed by atoms with Gasteiger partial charge in [-0.15, -0.1) is 0 Å². The van der Waals surface area contributed by atoms with Gasteiger partial charge >= 0.3 is 11.8 Å². The summed E-state index contributed by atoms with van der Waals surface area (Å²) in [6, 6.07) is 3.60. The van der Waals surface area contributed by atoms with Gasteiger partial charge in [-0.05, 0) is 29.3 Å². The van der Waals surface area contributed by atoms with E-state index in [4.69, 9.17) is 9.26 Å². The molecule has 0 radical (unpaired) electrons. The number of nitrogens with zero attached hydrogens (tertiary/aromatic N) is 2.